The van der Waals surface area contributed by atoms with Gasteiger partial charge in [-0.25, -0.2) is 0 Å². The largest absolute Gasteiger partial charge is 0.307 e. The van der Waals surface area contributed by atoms with Crippen LogP contribution in [0.4, 0.5) is 0 Å². The molecule has 0 aromatic heterocycles. The van der Waals surface area contributed by atoms with Crippen LogP contribution in [0, 0.1) is 0 Å². The maximum Gasteiger partial charge on any atom is 0.0294 e. The van der Waals surface area contributed by atoms with Crippen molar-refractivity contribution in [3.05, 3.63) is 35.9 Å². The van der Waals surface area contributed by atoms with Crippen LogP contribution in [-0.4, -0.2) is 17.1 Å². The molecular weight excluding hydrogens is 232 g/mol. The summed E-state index contributed by atoms with van der Waals surface area (Å²) in [4.78, 5) is 0. The maximum atomic E-state index is 3.81. The third-order valence-electron chi connectivity index (χ3n) is 3.98. The molecule has 106 valence electrons. The van der Waals surface area contributed by atoms with Crippen molar-refractivity contribution < 1.29 is 0 Å². The SMILES string of the molecule is CC(NC1CC(C)(C)NC(C)(C)C1)c1ccccc1. The summed E-state index contributed by atoms with van der Waals surface area (Å²) in [7, 11) is 0. The molecule has 2 rings (SSSR count). The highest BCUT2D eigenvalue weighted by Crippen LogP contribution is 2.29. The van der Waals surface area contributed by atoms with Gasteiger partial charge in [0.1, 0.15) is 0 Å². The van der Waals surface area contributed by atoms with Gasteiger partial charge in [0.05, 0.1) is 0 Å². The van der Waals surface area contributed by atoms with E-state index in [0.29, 0.717) is 12.1 Å². The molecule has 19 heavy (non-hydrogen) atoms. The number of rotatable bonds is 3. The average Bonchev–Trinajstić information content (AvgIpc) is 2.25. The first-order valence-corrected chi connectivity index (χ1v) is 7.38. The van der Waals surface area contributed by atoms with Gasteiger partial charge < -0.3 is 10.6 Å². The van der Waals surface area contributed by atoms with Crippen LogP contribution in [-0.2, 0) is 0 Å². The summed E-state index contributed by atoms with van der Waals surface area (Å²) in [5, 5.41) is 7.54. The fourth-order valence-corrected chi connectivity index (χ4v) is 3.63. The predicted molar refractivity (Wildman–Crippen MR) is 82.3 cm³/mol. The van der Waals surface area contributed by atoms with Crippen LogP contribution in [0.3, 0.4) is 0 Å². The van der Waals surface area contributed by atoms with Crippen molar-refractivity contribution in [3.63, 3.8) is 0 Å². The van der Waals surface area contributed by atoms with Crippen molar-refractivity contribution in [1.82, 2.24) is 10.6 Å². The minimum absolute atomic E-state index is 0.204. The highest BCUT2D eigenvalue weighted by atomic mass is 15.1. The van der Waals surface area contributed by atoms with E-state index in [2.05, 4.69) is 75.6 Å². The van der Waals surface area contributed by atoms with Crippen LogP contribution in [0.15, 0.2) is 30.3 Å². The Labute approximate surface area is 118 Å². The Morgan fingerprint density at radius 1 is 1.05 bits per heavy atom. The fourth-order valence-electron chi connectivity index (χ4n) is 3.63. The van der Waals surface area contributed by atoms with Gasteiger partial charge in [-0.1, -0.05) is 30.3 Å². The molecule has 1 aliphatic heterocycles. The Bertz CT molecular complexity index is 393. The van der Waals surface area contributed by atoms with E-state index in [1.807, 2.05) is 0 Å². The van der Waals surface area contributed by atoms with Crippen LogP contribution >= 0.6 is 0 Å². The topological polar surface area (TPSA) is 24.1 Å². The lowest BCUT2D eigenvalue weighted by molar-refractivity contribution is 0.141. The Balaban J connectivity index is 2.03. The maximum absolute atomic E-state index is 3.81. The molecule has 1 saturated heterocycles. The first-order valence-electron chi connectivity index (χ1n) is 7.38. The van der Waals surface area contributed by atoms with Crippen LogP contribution in [0.1, 0.15) is 59.1 Å². The number of nitrogens with one attached hydrogen (secondary N) is 2. The Kier molecular flexibility index (Phi) is 4.03. The van der Waals surface area contributed by atoms with Crippen molar-refractivity contribution in [2.45, 2.75) is 70.6 Å². The molecule has 0 aliphatic carbocycles. The Morgan fingerprint density at radius 3 is 2.11 bits per heavy atom. The van der Waals surface area contributed by atoms with E-state index in [-0.39, 0.29) is 11.1 Å². The van der Waals surface area contributed by atoms with Gasteiger partial charge in [0.15, 0.2) is 0 Å². The van der Waals surface area contributed by atoms with Crippen molar-refractivity contribution in [2.24, 2.45) is 0 Å². The molecule has 2 N–H and O–H groups in total. The highest BCUT2D eigenvalue weighted by molar-refractivity contribution is 5.18. The summed E-state index contributed by atoms with van der Waals surface area (Å²) in [6.07, 6.45) is 2.35. The van der Waals surface area contributed by atoms with Crippen molar-refractivity contribution in [1.29, 1.82) is 0 Å². The lowest BCUT2D eigenvalue weighted by Gasteiger charge is -2.47. The monoisotopic (exact) mass is 260 g/mol. The molecule has 1 aromatic carbocycles. The van der Waals surface area contributed by atoms with Gasteiger partial charge in [-0.2, -0.15) is 0 Å². The predicted octanol–water partition coefficient (Wildman–Crippen LogP) is 3.65. The lowest BCUT2D eigenvalue weighted by atomic mass is 9.79. The number of benzene rings is 1. The second-order valence-corrected chi connectivity index (χ2v) is 7.30. The molecule has 1 aliphatic rings. The zero-order valence-corrected chi connectivity index (χ0v) is 13.0. The molecule has 1 atom stereocenters. The molecule has 0 bridgehead atoms. The molecule has 1 unspecified atom stereocenters. The molecule has 1 fully saturated rings. The van der Waals surface area contributed by atoms with Gasteiger partial charge >= 0.3 is 0 Å². The lowest BCUT2D eigenvalue weighted by Crippen LogP contribution is -2.61. The molecule has 0 radical (unpaired) electrons. The highest BCUT2D eigenvalue weighted by Gasteiger charge is 2.37. The van der Waals surface area contributed by atoms with Crippen LogP contribution in [0.2, 0.25) is 0 Å². The summed E-state index contributed by atoms with van der Waals surface area (Å²) in [5.41, 5.74) is 1.78. The zero-order chi connectivity index (χ0) is 14.1. The number of piperidine rings is 1. The zero-order valence-electron chi connectivity index (χ0n) is 13.0. The first-order chi connectivity index (χ1) is 8.77. The molecule has 0 amide bonds. The van der Waals surface area contributed by atoms with Gasteiger partial charge in [-0.05, 0) is 53.0 Å². The van der Waals surface area contributed by atoms with E-state index in [4.69, 9.17) is 0 Å². The fraction of sp³-hybridized carbons (Fsp3) is 0.647. The third-order valence-corrected chi connectivity index (χ3v) is 3.98. The summed E-state index contributed by atoms with van der Waals surface area (Å²) in [5.74, 6) is 0. The minimum atomic E-state index is 0.204. The van der Waals surface area contributed by atoms with Crippen LogP contribution in [0.25, 0.3) is 0 Å². The van der Waals surface area contributed by atoms with Crippen LogP contribution < -0.4 is 10.6 Å². The smallest absolute Gasteiger partial charge is 0.0294 e. The molecule has 0 saturated carbocycles. The van der Waals surface area contributed by atoms with Gasteiger partial charge in [0.25, 0.3) is 0 Å². The van der Waals surface area contributed by atoms with E-state index in [1.165, 1.54) is 18.4 Å². The molecule has 0 spiro atoms. The van der Waals surface area contributed by atoms with E-state index in [0.717, 1.165) is 0 Å². The van der Waals surface area contributed by atoms with Gasteiger partial charge in [-0.3, -0.25) is 0 Å². The summed E-state index contributed by atoms with van der Waals surface area (Å²) in [6, 6.07) is 11.7. The average molecular weight is 260 g/mol. The van der Waals surface area contributed by atoms with Gasteiger partial charge in [0.2, 0.25) is 0 Å². The van der Waals surface area contributed by atoms with Crippen molar-refractivity contribution in [3.8, 4) is 0 Å². The number of hydrogen-bond acceptors (Lipinski definition) is 2. The second-order valence-electron chi connectivity index (χ2n) is 7.30. The van der Waals surface area contributed by atoms with Gasteiger partial charge in [0, 0.05) is 23.2 Å². The summed E-state index contributed by atoms with van der Waals surface area (Å²) >= 11 is 0. The standard InChI is InChI=1S/C17H28N2/c1-13(14-9-7-6-8-10-14)18-15-11-16(2,3)19-17(4,5)12-15/h6-10,13,15,18-19H,11-12H2,1-5H3. The molecule has 1 aromatic rings. The van der Waals surface area contributed by atoms with Crippen molar-refractivity contribution in [2.75, 3.05) is 0 Å². The molecule has 2 nitrogen and oxygen atoms in total. The van der Waals surface area contributed by atoms with E-state index >= 15 is 0 Å². The van der Waals surface area contributed by atoms with Crippen LogP contribution in [0.5, 0.6) is 0 Å². The molecule has 1 heterocycles. The first kappa shape index (κ1) is 14.5. The second kappa shape index (κ2) is 5.26. The normalized spacial score (nSPS) is 24.1. The van der Waals surface area contributed by atoms with E-state index < -0.39 is 0 Å². The Hall–Kier alpha value is -0.860. The van der Waals surface area contributed by atoms with Crippen molar-refractivity contribution >= 4 is 0 Å². The van der Waals surface area contributed by atoms with E-state index in [1.54, 1.807) is 0 Å². The molecule has 2 heteroatoms. The van der Waals surface area contributed by atoms with Gasteiger partial charge in [-0.15, -0.1) is 0 Å². The quantitative estimate of drug-likeness (QED) is 0.867. The third kappa shape index (κ3) is 4.05. The minimum Gasteiger partial charge on any atom is -0.307 e. The number of hydrogen-bond donors (Lipinski definition) is 2. The Morgan fingerprint density at radius 2 is 1.58 bits per heavy atom. The summed E-state index contributed by atoms with van der Waals surface area (Å²) < 4.78 is 0. The molecular formula is C17H28N2. The summed E-state index contributed by atoms with van der Waals surface area (Å²) in [6.45, 7) is 11.5. The van der Waals surface area contributed by atoms with E-state index in [9.17, 15) is 0 Å².